The minimum Gasteiger partial charge on any atom is -0.440 e. The minimum atomic E-state index is -5.30. The van der Waals surface area contributed by atoms with E-state index in [0.29, 0.717) is 34.5 Å². The van der Waals surface area contributed by atoms with Crippen LogP contribution in [0.1, 0.15) is 60.1 Å². The van der Waals surface area contributed by atoms with Gasteiger partial charge in [0.25, 0.3) is 0 Å². The Morgan fingerprint density at radius 2 is 1.84 bits per heavy atom. The third-order valence-electron chi connectivity index (χ3n) is 7.05. The summed E-state index contributed by atoms with van der Waals surface area (Å²) in [6.07, 6.45) is -0.937. The highest BCUT2D eigenvalue weighted by atomic mass is 19.4. The molecule has 0 radical (unpaired) electrons. The number of carbonyl (C=O) groups excluding carboxylic acids is 2. The molecule has 7 nitrogen and oxygen atoms in total. The summed E-state index contributed by atoms with van der Waals surface area (Å²) in [5.74, 6) is -3.48. The smallest absolute Gasteiger partial charge is 0.440 e. The van der Waals surface area contributed by atoms with Crippen LogP contribution in [0.15, 0.2) is 51.7 Å². The Morgan fingerprint density at radius 3 is 2.51 bits per heavy atom. The fraction of sp³-hybridized carbons (Fsp3) is 0.370. The van der Waals surface area contributed by atoms with E-state index < -0.39 is 24.2 Å². The highest BCUT2D eigenvalue weighted by molar-refractivity contribution is 6.02. The van der Waals surface area contributed by atoms with Crippen molar-refractivity contribution < 1.29 is 31.9 Å². The zero-order valence-electron chi connectivity index (χ0n) is 20.2. The SMILES string of the molecule is Cc1cc(C(C)Nc2ccccc2C(=O)OC(=O)C(F)(F)F)c2oc(N3C4CCCC3C4)cc(=O)c2c1. The zero-order valence-corrected chi connectivity index (χ0v) is 20.2. The molecule has 0 saturated carbocycles. The van der Waals surface area contributed by atoms with E-state index in [1.54, 1.807) is 19.1 Å². The summed E-state index contributed by atoms with van der Waals surface area (Å²) in [7, 11) is 0. The molecule has 2 fully saturated rings. The second-order valence-electron chi connectivity index (χ2n) is 9.65. The Kier molecular flexibility index (Phi) is 6.21. The van der Waals surface area contributed by atoms with Gasteiger partial charge in [-0.25, -0.2) is 9.59 Å². The zero-order chi connectivity index (χ0) is 26.5. The van der Waals surface area contributed by atoms with Gasteiger partial charge in [-0.3, -0.25) is 4.79 Å². The second kappa shape index (κ2) is 9.24. The summed E-state index contributed by atoms with van der Waals surface area (Å²) in [6.45, 7) is 3.62. The number of rotatable bonds is 5. The first-order chi connectivity index (χ1) is 17.5. The molecule has 10 heteroatoms. The first-order valence-corrected chi connectivity index (χ1v) is 12.1. The van der Waals surface area contributed by atoms with Crippen LogP contribution in [0, 0.1) is 6.92 Å². The van der Waals surface area contributed by atoms with Crippen LogP contribution >= 0.6 is 0 Å². The lowest BCUT2D eigenvalue weighted by atomic mass is 9.80. The maximum Gasteiger partial charge on any atom is 0.491 e. The number of nitrogens with zero attached hydrogens (tertiary/aromatic N) is 1. The van der Waals surface area contributed by atoms with Crippen LogP contribution < -0.4 is 15.6 Å². The highest BCUT2D eigenvalue weighted by Crippen LogP contribution is 2.42. The molecule has 2 aliphatic rings. The van der Waals surface area contributed by atoms with E-state index in [4.69, 9.17) is 4.42 Å². The van der Waals surface area contributed by atoms with E-state index in [-0.39, 0.29) is 16.7 Å². The molecule has 3 heterocycles. The molecule has 2 bridgehead atoms. The van der Waals surface area contributed by atoms with Gasteiger partial charge in [0.1, 0.15) is 5.58 Å². The molecule has 5 rings (SSSR count). The number of hydrogen-bond donors (Lipinski definition) is 1. The number of hydrogen-bond acceptors (Lipinski definition) is 7. The fourth-order valence-electron chi connectivity index (χ4n) is 5.33. The fourth-order valence-corrected chi connectivity index (χ4v) is 5.33. The number of nitrogens with one attached hydrogen (secondary N) is 1. The van der Waals surface area contributed by atoms with E-state index in [2.05, 4.69) is 15.0 Å². The number of benzene rings is 2. The second-order valence-corrected chi connectivity index (χ2v) is 9.65. The monoisotopic (exact) mass is 514 g/mol. The van der Waals surface area contributed by atoms with Crippen molar-refractivity contribution in [3.05, 3.63) is 69.4 Å². The van der Waals surface area contributed by atoms with E-state index in [0.717, 1.165) is 31.2 Å². The summed E-state index contributed by atoms with van der Waals surface area (Å²) in [4.78, 5) is 38.8. The molecule has 1 N–H and O–H groups in total. The van der Waals surface area contributed by atoms with Gasteiger partial charge in [-0.2, -0.15) is 13.2 Å². The van der Waals surface area contributed by atoms with Gasteiger partial charge in [-0.1, -0.05) is 18.2 Å². The number of fused-ring (bicyclic) bond motifs is 3. The van der Waals surface area contributed by atoms with Gasteiger partial charge in [0.15, 0.2) is 5.43 Å². The van der Waals surface area contributed by atoms with E-state index in [9.17, 15) is 27.6 Å². The molecule has 3 aromatic rings. The largest absolute Gasteiger partial charge is 0.491 e. The highest BCUT2D eigenvalue weighted by Gasteiger charge is 2.43. The topological polar surface area (TPSA) is 88.8 Å². The first kappa shape index (κ1) is 24.9. The van der Waals surface area contributed by atoms with Gasteiger partial charge in [-0.15, -0.1) is 0 Å². The number of alkyl halides is 3. The normalized spacial score (nSPS) is 19.8. The third kappa shape index (κ3) is 4.68. The Morgan fingerprint density at radius 1 is 1.14 bits per heavy atom. The third-order valence-corrected chi connectivity index (χ3v) is 7.05. The van der Waals surface area contributed by atoms with Gasteiger partial charge >= 0.3 is 18.1 Å². The van der Waals surface area contributed by atoms with E-state index in [1.165, 1.54) is 24.3 Å². The number of aryl methyl sites for hydroxylation is 1. The Bertz CT molecular complexity index is 1430. The van der Waals surface area contributed by atoms with Gasteiger partial charge in [-0.05, 0) is 63.3 Å². The van der Waals surface area contributed by atoms with Crippen LogP contribution in [0.4, 0.5) is 24.7 Å². The Balaban J connectivity index is 1.48. The molecule has 3 atom stereocenters. The van der Waals surface area contributed by atoms with E-state index >= 15 is 0 Å². The quantitative estimate of drug-likeness (QED) is 0.348. The minimum absolute atomic E-state index is 0.159. The summed E-state index contributed by atoms with van der Waals surface area (Å²) in [6, 6.07) is 11.1. The number of carbonyl (C=O) groups is 2. The van der Waals surface area contributed by atoms with Crippen molar-refractivity contribution in [3.63, 3.8) is 0 Å². The molecule has 0 spiro atoms. The lowest BCUT2D eigenvalue weighted by molar-refractivity contribution is -0.193. The standard InChI is InChI=1S/C27H25F3N2O5/c1-14-10-19(15(2)31-21-9-4-3-8-18(21)25(34)37-26(35)27(28,29)30)24-20(11-14)22(33)13-23(36-24)32-16-6-5-7-17(32)12-16/h3-4,8-11,13,15-17,31H,5-7,12H2,1-2H3. The van der Waals surface area contributed by atoms with Gasteiger partial charge < -0.3 is 19.4 Å². The average molecular weight is 515 g/mol. The van der Waals surface area contributed by atoms with Crippen LogP contribution in [-0.4, -0.2) is 30.2 Å². The molecular weight excluding hydrogens is 489 g/mol. The molecule has 1 aromatic heterocycles. The van der Waals surface area contributed by atoms with Crippen molar-refractivity contribution in [1.82, 2.24) is 0 Å². The lowest BCUT2D eigenvalue weighted by Gasteiger charge is -2.53. The van der Waals surface area contributed by atoms with Crippen molar-refractivity contribution in [2.24, 2.45) is 0 Å². The first-order valence-electron chi connectivity index (χ1n) is 12.1. The Labute approximate surface area is 210 Å². The molecule has 37 heavy (non-hydrogen) atoms. The maximum absolute atomic E-state index is 13.1. The predicted octanol–water partition coefficient (Wildman–Crippen LogP) is 5.65. The summed E-state index contributed by atoms with van der Waals surface area (Å²) < 4.78 is 48.1. The average Bonchev–Trinajstić information content (AvgIpc) is 2.84. The molecule has 3 unspecified atom stereocenters. The molecule has 0 aliphatic carbocycles. The van der Waals surface area contributed by atoms with Gasteiger partial charge in [0, 0.05) is 29.4 Å². The van der Waals surface area contributed by atoms with Gasteiger partial charge in [0.2, 0.25) is 5.88 Å². The number of esters is 2. The number of ether oxygens (including phenoxy) is 1. The van der Waals surface area contributed by atoms with Crippen LogP contribution in [-0.2, 0) is 9.53 Å². The van der Waals surface area contributed by atoms with Crippen molar-refractivity contribution in [3.8, 4) is 0 Å². The van der Waals surface area contributed by atoms with Crippen LogP contribution in [0.25, 0.3) is 11.0 Å². The Hall–Kier alpha value is -3.82. The number of para-hydroxylation sites is 1. The molecule has 2 aliphatic heterocycles. The van der Waals surface area contributed by atoms with Crippen LogP contribution in [0.5, 0.6) is 0 Å². The molecule has 2 aromatic carbocycles. The van der Waals surface area contributed by atoms with Crippen LogP contribution in [0.3, 0.4) is 0 Å². The molecule has 2 saturated heterocycles. The van der Waals surface area contributed by atoms with E-state index in [1.807, 2.05) is 13.0 Å². The molecule has 194 valence electrons. The molecule has 0 amide bonds. The summed E-state index contributed by atoms with van der Waals surface area (Å²) >= 11 is 0. The maximum atomic E-state index is 13.1. The van der Waals surface area contributed by atoms with Crippen molar-refractivity contribution in [1.29, 1.82) is 0 Å². The summed E-state index contributed by atoms with van der Waals surface area (Å²) in [5, 5.41) is 3.52. The lowest BCUT2D eigenvalue weighted by Crippen LogP contribution is -2.59. The van der Waals surface area contributed by atoms with Crippen molar-refractivity contribution >= 4 is 34.5 Å². The van der Waals surface area contributed by atoms with Gasteiger partial charge in [0.05, 0.1) is 17.0 Å². The molecular formula is C27H25F3N2O5. The van der Waals surface area contributed by atoms with Crippen LogP contribution in [0.2, 0.25) is 0 Å². The number of piperidine rings is 1. The number of halogens is 3. The predicted molar refractivity (Wildman–Crippen MR) is 131 cm³/mol. The van der Waals surface area contributed by atoms with Crippen molar-refractivity contribution in [2.45, 2.75) is 63.8 Å². The summed E-state index contributed by atoms with van der Waals surface area (Å²) in [5.41, 5.74) is 1.65. The van der Waals surface area contributed by atoms with Crippen molar-refractivity contribution in [2.75, 3.05) is 10.2 Å². The number of anilines is 2.